The molecule has 0 aliphatic carbocycles. The van der Waals surface area contributed by atoms with Crippen LogP contribution in [-0.4, -0.2) is 31.1 Å². The first-order valence-corrected chi connectivity index (χ1v) is 4.33. The van der Waals surface area contributed by atoms with Gasteiger partial charge in [0.25, 0.3) is 0 Å². The zero-order valence-corrected chi connectivity index (χ0v) is 8.55. The van der Waals surface area contributed by atoms with Gasteiger partial charge >= 0.3 is 5.97 Å². The molecule has 0 aliphatic rings. The molecule has 0 aliphatic heterocycles. The standard InChI is InChI=1S/C11H14O4/c1-3-10(15-9-14-2)7-5-4-6-8-11(12)13/h1,4-6,8,10H,7,9H2,2H3,(H,12,13)/b5-4+,8-6-/t10-/m1/s1. The molecule has 0 aromatic carbocycles. The van der Waals surface area contributed by atoms with Gasteiger partial charge in [0, 0.05) is 19.6 Å². The maximum absolute atomic E-state index is 10.1. The first-order chi connectivity index (χ1) is 7.20. The number of terminal acetylenes is 1. The summed E-state index contributed by atoms with van der Waals surface area (Å²) >= 11 is 0. The zero-order chi connectivity index (χ0) is 11.5. The Morgan fingerprint density at radius 2 is 2.33 bits per heavy atom. The van der Waals surface area contributed by atoms with Gasteiger partial charge in [0.15, 0.2) is 0 Å². The van der Waals surface area contributed by atoms with Crippen LogP contribution in [0.2, 0.25) is 0 Å². The number of carbonyl (C=O) groups is 1. The van der Waals surface area contributed by atoms with Crippen LogP contribution in [0.25, 0.3) is 0 Å². The van der Waals surface area contributed by atoms with Gasteiger partial charge in [-0.05, 0) is 0 Å². The molecule has 1 atom stereocenters. The minimum absolute atomic E-state index is 0.146. The van der Waals surface area contributed by atoms with Crippen LogP contribution in [0, 0.1) is 12.3 Å². The molecule has 82 valence electrons. The second-order valence-electron chi connectivity index (χ2n) is 2.59. The molecule has 0 unspecified atom stereocenters. The van der Waals surface area contributed by atoms with Gasteiger partial charge in [0.2, 0.25) is 0 Å². The molecule has 0 amide bonds. The highest BCUT2D eigenvalue weighted by atomic mass is 16.7. The second-order valence-corrected chi connectivity index (χ2v) is 2.59. The molecular formula is C11H14O4. The lowest BCUT2D eigenvalue weighted by Gasteiger charge is -2.07. The Morgan fingerprint density at radius 1 is 1.60 bits per heavy atom. The summed E-state index contributed by atoms with van der Waals surface area (Å²) in [5, 5.41) is 8.29. The van der Waals surface area contributed by atoms with E-state index in [1.54, 1.807) is 12.2 Å². The van der Waals surface area contributed by atoms with Crippen LogP contribution in [0.5, 0.6) is 0 Å². The second kappa shape index (κ2) is 9.00. The molecular weight excluding hydrogens is 196 g/mol. The van der Waals surface area contributed by atoms with E-state index in [1.807, 2.05) is 0 Å². The normalized spacial score (nSPS) is 13.1. The molecule has 1 N–H and O–H groups in total. The predicted octanol–water partition coefficient (Wildman–Crippen LogP) is 1.20. The van der Waals surface area contributed by atoms with E-state index in [1.165, 1.54) is 13.2 Å². The molecule has 0 rings (SSSR count). The minimum Gasteiger partial charge on any atom is -0.478 e. The van der Waals surface area contributed by atoms with Crippen molar-refractivity contribution in [2.45, 2.75) is 12.5 Å². The third-order valence-corrected chi connectivity index (χ3v) is 1.41. The van der Waals surface area contributed by atoms with Crippen molar-refractivity contribution in [3.05, 3.63) is 24.3 Å². The largest absolute Gasteiger partial charge is 0.478 e. The lowest BCUT2D eigenvalue weighted by atomic mass is 10.2. The van der Waals surface area contributed by atoms with Gasteiger partial charge in [-0.1, -0.05) is 24.1 Å². The van der Waals surface area contributed by atoms with Gasteiger partial charge in [-0.2, -0.15) is 0 Å². The van der Waals surface area contributed by atoms with Crippen molar-refractivity contribution in [2.24, 2.45) is 0 Å². The summed E-state index contributed by atoms with van der Waals surface area (Å²) in [6.07, 6.45) is 11.2. The maximum atomic E-state index is 10.1. The Kier molecular flexibility index (Phi) is 8.06. The molecule has 0 aromatic rings. The fraction of sp³-hybridized carbons (Fsp3) is 0.364. The third kappa shape index (κ3) is 8.75. The van der Waals surface area contributed by atoms with Crippen LogP contribution in [-0.2, 0) is 14.3 Å². The highest BCUT2D eigenvalue weighted by Gasteiger charge is 2.00. The van der Waals surface area contributed by atoms with Crippen LogP contribution in [0.3, 0.4) is 0 Å². The zero-order valence-electron chi connectivity index (χ0n) is 8.55. The van der Waals surface area contributed by atoms with Crippen molar-refractivity contribution in [1.29, 1.82) is 0 Å². The van der Waals surface area contributed by atoms with Gasteiger partial charge < -0.3 is 14.6 Å². The SMILES string of the molecule is C#C[C@H](C/C=C/C=C\C(=O)O)OCOC. The lowest BCUT2D eigenvalue weighted by molar-refractivity contribution is -0.131. The van der Waals surface area contributed by atoms with Gasteiger partial charge in [-0.25, -0.2) is 4.79 Å². The molecule has 0 fully saturated rings. The Balaban J connectivity index is 3.80. The molecule has 0 spiro atoms. The summed E-state index contributed by atoms with van der Waals surface area (Å²) in [5.41, 5.74) is 0. The molecule has 0 radical (unpaired) electrons. The number of hydrogen-bond acceptors (Lipinski definition) is 3. The number of allylic oxidation sites excluding steroid dienone is 2. The molecule has 15 heavy (non-hydrogen) atoms. The summed E-state index contributed by atoms with van der Waals surface area (Å²) in [4.78, 5) is 10.1. The van der Waals surface area contributed by atoms with E-state index in [0.29, 0.717) is 6.42 Å². The fourth-order valence-electron chi connectivity index (χ4n) is 0.753. The smallest absolute Gasteiger partial charge is 0.328 e. The van der Waals surface area contributed by atoms with E-state index in [4.69, 9.17) is 21.0 Å². The molecule has 4 heteroatoms. The maximum Gasteiger partial charge on any atom is 0.328 e. The quantitative estimate of drug-likeness (QED) is 0.297. The molecule has 0 saturated heterocycles. The summed E-state index contributed by atoms with van der Waals surface area (Å²) in [6, 6.07) is 0. The molecule has 0 heterocycles. The van der Waals surface area contributed by atoms with Gasteiger partial charge in [-0.3, -0.25) is 0 Å². The number of methoxy groups -OCH3 is 1. The first kappa shape index (κ1) is 13.4. The van der Waals surface area contributed by atoms with E-state index in [9.17, 15) is 4.79 Å². The number of carboxylic acid groups (broad SMARTS) is 1. The Morgan fingerprint density at radius 3 is 2.87 bits per heavy atom. The van der Waals surface area contributed by atoms with Crippen LogP contribution < -0.4 is 0 Å². The number of ether oxygens (including phenoxy) is 2. The molecule has 0 aromatic heterocycles. The fourth-order valence-corrected chi connectivity index (χ4v) is 0.753. The first-order valence-electron chi connectivity index (χ1n) is 4.33. The van der Waals surface area contributed by atoms with Crippen LogP contribution >= 0.6 is 0 Å². The number of aliphatic carboxylic acids is 1. The molecule has 0 saturated carbocycles. The molecule has 0 bridgehead atoms. The van der Waals surface area contributed by atoms with Crippen molar-refractivity contribution >= 4 is 5.97 Å². The summed E-state index contributed by atoms with van der Waals surface area (Å²) in [5.74, 6) is 1.46. The van der Waals surface area contributed by atoms with E-state index in [-0.39, 0.29) is 12.9 Å². The summed E-state index contributed by atoms with van der Waals surface area (Å²) < 4.78 is 9.82. The Hall–Kier alpha value is -1.57. The van der Waals surface area contributed by atoms with Crippen molar-refractivity contribution in [1.82, 2.24) is 0 Å². The summed E-state index contributed by atoms with van der Waals surface area (Å²) in [7, 11) is 1.51. The van der Waals surface area contributed by atoms with Crippen molar-refractivity contribution in [3.63, 3.8) is 0 Å². The van der Waals surface area contributed by atoms with Crippen molar-refractivity contribution < 1.29 is 19.4 Å². The van der Waals surface area contributed by atoms with E-state index in [0.717, 1.165) is 6.08 Å². The lowest BCUT2D eigenvalue weighted by Crippen LogP contribution is -2.10. The third-order valence-electron chi connectivity index (χ3n) is 1.41. The monoisotopic (exact) mass is 210 g/mol. The minimum atomic E-state index is -0.983. The number of rotatable bonds is 7. The van der Waals surface area contributed by atoms with Gasteiger partial charge in [-0.15, -0.1) is 6.42 Å². The average Bonchev–Trinajstić information content (AvgIpc) is 2.21. The van der Waals surface area contributed by atoms with Crippen molar-refractivity contribution in [2.75, 3.05) is 13.9 Å². The molecule has 4 nitrogen and oxygen atoms in total. The number of carboxylic acids is 1. The number of hydrogen-bond donors (Lipinski definition) is 1. The van der Waals surface area contributed by atoms with Crippen molar-refractivity contribution in [3.8, 4) is 12.3 Å². The summed E-state index contributed by atoms with van der Waals surface area (Å²) in [6.45, 7) is 0.146. The Bertz CT molecular complexity index is 273. The van der Waals surface area contributed by atoms with E-state index in [2.05, 4.69) is 5.92 Å². The van der Waals surface area contributed by atoms with Gasteiger partial charge in [0.1, 0.15) is 12.9 Å². The van der Waals surface area contributed by atoms with E-state index < -0.39 is 5.97 Å². The average molecular weight is 210 g/mol. The highest BCUT2D eigenvalue weighted by molar-refractivity contribution is 5.80. The van der Waals surface area contributed by atoms with E-state index >= 15 is 0 Å². The van der Waals surface area contributed by atoms with Gasteiger partial charge in [0.05, 0.1) is 0 Å². The topological polar surface area (TPSA) is 55.8 Å². The highest BCUT2D eigenvalue weighted by Crippen LogP contribution is 1.98. The van der Waals surface area contributed by atoms with Crippen LogP contribution in [0.4, 0.5) is 0 Å². The Labute approximate surface area is 89.2 Å². The van der Waals surface area contributed by atoms with Crippen LogP contribution in [0.15, 0.2) is 24.3 Å². The predicted molar refractivity (Wildman–Crippen MR) is 56.1 cm³/mol. The van der Waals surface area contributed by atoms with Crippen LogP contribution in [0.1, 0.15) is 6.42 Å².